The minimum absolute atomic E-state index is 0.113. The van der Waals surface area contributed by atoms with Crippen LogP contribution in [0, 0.1) is 17.0 Å². The highest BCUT2D eigenvalue weighted by molar-refractivity contribution is 7.07. The van der Waals surface area contributed by atoms with Gasteiger partial charge in [0.2, 0.25) is 0 Å². The molecular weight excluding hydrogens is 446 g/mol. The smallest absolute Gasteiger partial charge is 0.286 e. The molecule has 0 fully saturated rings. The Kier molecular flexibility index (Phi) is 6.31. The number of nitrogens with zero attached hydrogens (tertiary/aromatic N) is 4. The number of ether oxygens (including phenoxy) is 2. The van der Waals surface area contributed by atoms with Crippen LogP contribution in [-0.4, -0.2) is 32.7 Å². The monoisotopic (exact) mass is 465 g/mol. The first kappa shape index (κ1) is 22.0. The first-order valence-electron chi connectivity index (χ1n) is 9.75. The van der Waals surface area contributed by atoms with E-state index in [0.29, 0.717) is 11.4 Å². The molecule has 0 aliphatic heterocycles. The SMILES string of the molecule is COc1cc(C(=O)Nc2cccc(-n3nccc3C)c2)c([N+](=O)[O-])cc1OCc1cscn1. The minimum Gasteiger partial charge on any atom is -0.493 e. The maximum atomic E-state index is 13.0. The van der Waals surface area contributed by atoms with E-state index in [9.17, 15) is 14.9 Å². The quantitative estimate of drug-likeness (QED) is 0.303. The molecule has 168 valence electrons. The number of thiazole rings is 1. The molecule has 0 spiro atoms. The highest BCUT2D eigenvalue weighted by Crippen LogP contribution is 2.35. The Balaban J connectivity index is 1.61. The first-order valence-corrected chi connectivity index (χ1v) is 10.7. The zero-order valence-corrected chi connectivity index (χ0v) is 18.5. The predicted octanol–water partition coefficient (Wildman–Crippen LogP) is 4.39. The maximum absolute atomic E-state index is 13.0. The van der Waals surface area contributed by atoms with Gasteiger partial charge in [-0.15, -0.1) is 11.3 Å². The van der Waals surface area contributed by atoms with E-state index in [0.717, 1.165) is 11.4 Å². The summed E-state index contributed by atoms with van der Waals surface area (Å²) in [6.45, 7) is 2.02. The molecule has 0 aliphatic carbocycles. The number of rotatable bonds is 8. The van der Waals surface area contributed by atoms with Gasteiger partial charge in [-0.3, -0.25) is 14.9 Å². The maximum Gasteiger partial charge on any atom is 0.286 e. The number of hydrogen-bond donors (Lipinski definition) is 1. The molecule has 1 N–H and O–H groups in total. The van der Waals surface area contributed by atoms with Crippen LogP contribution in [0.25, 0.3) is 5.69 Å². The van der Waals surface area contributed by atoms with Crippen molar-refractivity contribution in [3.05, 3.63) is 86.6 Å². The molecule has 0 radical (unpaired) electrons. The Morgan fingerprint density at radius 1 is 1.24 bits per heavy atom. The molecular formula is C22H19N5O5S. The lowest BCUT2D eigenvalue weighted by atomic mass is 10.1. The van der Waals surface area contributed by atoms with Gasteiger partial charge >= 0.3 is 0 Å². The topological polar surface area (TPSA) is 121 Å². The molecule has 0 saturated carbocycles. The van der Waals surface area contributed by atoms with Crippen molar-refractivity contribution in [1.82, 2.24) is 14.8 Å². The molecule has 0 aliphatic rings. The van der Waals surface area contributed by atoms with Gasteiger partial charge in [0, 0.05) is 29.0 Å². The lowest BCUT2D eigenvalue weighted by molar-refractivity contribution is -0.385. The highest BCUT2D eigenvalue weighted by atomic mass is 32.1. The van der Waals surface area contributed by atoms with Gasteiger partial charge in [0.15, 0.2) is 11.5 Å². The van der Waals surface area contributed by atoms with Crippen LogP contribution in [-0.2, 0) is 6.61 Å². The van der Waals surface area contributed by atoms with Crippen molar-refractivity contribution in [2.24, 2.45) is 0 Å². The Labute approximate surface area is 192 Å². The van der Waals surface area contributed by atoms with Crippen LogP contribution in [0.1, 0.15) is 21.7 Å². The third-order valence-corrected chi connectivity index (χ3v) is 5.40. The fraction of sp³-hybridized carbons (Fsp3) is 0.136. The average Bonchev–Trinajstić information content (AvgIpc) is 3.48. The van der Waals surface area contributed by atoms with E-state index in [-0.39, 0.29) is 23.7 Å². The molecule has 4 aromatic rings. The second-order valence-electron chi connectivity index (χ2n) is 6.93. The van der Waals surface area contributed by atoms with Crippen LogP contribution in [0.5, 0.6) is 11.5 Å². The predicted molar refractivity (Wildman–Crippen MR) is 122 cm³/mol. The average molecular weight is 465 g/mol. The number of methoxy groups -OCH3 is 1. The van der Waals surface area contributed by atoms with Gasteiger partial charge in [0.25, 0.3) is 11.6 Å². The molecule has 1 amide bonds. The van der Waals surface area contributed by atoms with Crippen molar-refractivity contribution in [3.63, 3.8) is 0 Å². The highest BCUT2D eigenvalue weighted by Gasteiger charge is 2.25. The summed E-state index contributed by atoms with van der Waals surface area (Å²) >= 11 is 1.41. The Morgan fingerprint density at radius 3 is 2.76 bits per heavy atom. The fourth-order valence-corrected chi connectivity index (χ4v) is 3.71. The van der Waals surface area contributed by atoms with Crippen LogP contribution < -0.4 is 14.8 Å². The van der Waals surface area contributed by atoms with Crippen molar-refractivity contribution >= 4 is 28.6 Å². The van der Waals surface area contributed by atoms with E-state index in [2.05, 4.69) is 15.4 Å². The van der Waals surface area contributed by atoms with Gasteiger partial charge in [0.1, 0.15) is 12.2 Å². The molecule has 0 saturated heterocycles. The standard InChI is InChI=1S/C22H19N5O5S/c1-14-6-7-24-26(14)17-5-3-4-15(8-17)25-22(28)18-9-20(31-2)21(10-19(18)27(29)30)32-11-16-12-33-13-23-16/h3-10,12-13H,11H2,1-2H3,(H,25,28). The Hall–Kier alpha value is -4.25. The largest absolute Gasteiger partial charge is 0.493 e. The van der Waals surface area contributed by atoms with Gasteiger partial charge in [-0.2, -0.15) is 5.10 Å². The lowest BCUT2D eigenvalue weighted by Crippen LogP contribution is -2.15. The van der Waals surface area contributed by atoms with E-state index in [1.807, 2.05) is 24.4 Å². The summed E-state index contributed by atoms with van der Waals surface area (Å²) in [4.78, 5) is 28.2. The van der Waals surface area contributed by atoms with Crippen molar-refractivity contribution in [2.75, 3.05) is 12.4 Å². The molecule has 0 unspecified atom stereocenters. The number of hydrogen-bond acceptors (Lipinski definition) is 8. The summed E-state index contributed by atoms with van der Waals surface area (Å²) < 4.78 is 12.7. The van der Waals surface area contributed by atoms with Crippen LogP contribution in [0.15, 0.2) is 59.6 Å². The number of anilines is 1. The second kappa shape index (κ2) is 9.49. The normalized spacial score (nSPS) is 10.6. The summed E-state index contributed by atoms with van der Waals surface area (Å²) in [7, 11) is 1.40. The number of nitro groups is 1. The van der Waals surface area contributed by atoms with Gasteiger partial charge < -0.3 is 14.8 Å². The van der Waals surface area contributed by atoms with Crippen molar-refractivity contribution in [2.45, 2.75) is 13.5 Å². The zero-order valence-electron chi connectivity index (χ0n) is 17.7. The Bertz CT molecular complexity index is 1300. The Morgan fingerprint density at radius 2 is 2.09 bits per heavy atom. The number of amides is 1. The molecule has 4 rings (SSSR count). The summed E-state index contributed by atoms with van der Waals surface area (Å²) in [5, 5.41) is 20.5. The lowest BCUT2D eigenvalue weighted by Gasteiger charge is -2.13. The number of aromatic nitrogens is 3. The summed E-state index contributed by atoms with van der Waals surface area (Å²) in [6.07, 6.45) is 1.67. The van der Waals surface area contributed by atoms with Gasteiger partial charge in [0.05, 0.1) is 35.0 Å². The number of carbonyl (C=O) groups is 1. The zero-order chi connectivity index (χ0) is 23.4. The van der Waals surface area contributed by atoms with E-state index >= 15 is 0 Å². The number of carbonyl (C=O) groups excluding carboxylic acids is 1. The van der Waals surface area contributed by atoms with Gasteiger partial charge in [-0.05, 0) is 31.2 Å². The van der Waals surface area contributed by atoms with Crippen molar-refractivity contribution in [3.8, 4) is 17.2 Å². The molecule has 10 nitrogen and oxygen atoms in total. The molecule has 11 heteroatoms. The molecule has 33 heavy (non-hydrogen) atoms. The minimum atomic E-state index is -0.652. The third kappa shape index (κ3) is 4.83. The van der Waals surface area contributed by atoms with Gasteiger partial charge in [-0.1, -0.05) is 6.07 Å². The van der Waals surface area contributed by atoms with E-state index < -0.39 is 16.5 Å². The fourth-order valence-electron chi connectivity index (χ4n) is 3.17. The molecule has 0 bridgehead atoms. The number of aryl methyl sites for hydroxylation is 1. The number of nitro benzene ring substituents is 1. The van der Waals surface area contributed by atoms with Crippen LogP contribution >= 0.6 is 11.3 Å². The summed E-state index contributed by atoms with van der Waals surface area (Å²) in [5.74, 6) is -0.313. The van der Waals surface area contributed by atoms with Crippen molar-refractivity contribution < 1.29 is 19.2 Å². The van der Waals surface area contributed by atoms with Crippen LogP contribution in [0.3, 0.4) is 0 Å². The number of benzene rings is 2. The van der Waals surface area contributed by atoms with Crippen LogP contribution in [0.2, 0.25) is 0 Å². The van der Waals surface area contributed by atoms with E-state index in [1.54, 1.807) is 34.6 Å². The molecule has 2 heterocycles. The summed E-state index contributed by atoms with van der Waals surface area (Å²) in [5.41, 5.74) is 3.91. The molecule has 2 aromatic heterocycles. The van der Waals surface area contributed by atoms with Crippen LogP contribution in [0.4, 0.5) is 11.4 Å². The van der Waals surface area contributed by atoms with E-state index in [1.165, 1.54) is 30.6 Å². The second-order valence-corrected chi connectivity index (χ2v) is 7.65. The molecule has 2 aromatic carbocycles. The van der Waals surface area contributed by atoms with Gasteiger partial charge in [-0.25, -0.2) is 9.67 Å². The van der Waals surface area contributed by atoms with E-state index in [4.69, 9.17) is 9.47 Å². The first-order chi connectivity index (χ1) is 16.0. The summed E-state index contributed by atoms with van der Waals surface area (Å²) in [6, 6.07) is 11.4. The number of nitrogens with one attached hydrogen (secondary N) is 1. The van der Waals surface area contributed by atoms with Crippen molar-refractivity contribution in [1.29, 1.82) is 0 Å². The molecule has 0 atom stereocenters. The third-order valence-electron chi connectivity index (χ3n) is 4.76.